The molecule has 1 saturated carbocycles. The van der Waals surface area contributed by atoms with Crippen LogP contribution in [0.4, 0.5) is 10.6 Å². The van der Waals surface area contributed by atoms with Crippen molar-refractivity contribution >= 4 is 17.8 Å². The van der Waals surface area contributed by atoms with Gasteiger partial charge in [0.15, 0.2) is 0 Å². The number of anilines is 1. The Bertz CT molecular complexity index is 888. The molecule has 0 radical (unpaired) electrons. The van der Waals surface area contributed by atoms with Gasteiger partial charge in [-0.25, -0.2) is 4.79 Å². The van der Waals surface area contributed by atoms with Crippen LogP contribution in [0.25, 0.3) is 0 Å². The van der Waals surface area contributed by atoms with E-state index in [0.29, 0.717) is 12.4 Å². The normalized spacial score (nSPS) is 22.2. The highest BCUT2D eigenvalue weighted by molar-refractivity contribution is 5.96. The first kappa shape index (κ1) is 17.7. The third kappa shape index (κ3) is 3.12. The van der Waals surface area contributed by atoms with Gasteiger partial charge in [0.1, 0.15) is 5.82 Å². The molecule has 1 aromatic heterocycles. The Morgan fingerprint density at radius 1 is 1.33 bits per heavy atom. The Balaban J connectivity index is 1.58. The minimum absolute atomic E-state index is 0.0817. The molecule has 0 bridgehead atoms. The van der Waals surface area contributed by atoms with Crippen molar-refractivity contribution < 1.29 is 14.3 Å². The van der Waals surface area contributed by atoms with Gasteiger partial charge < -0.3 is 15.4 Å². The number of rotatable bonds is 4. The maximum atomic E-state index is 12.8. The van der Waals surface area contributed by atoms with Crippen molar-refractivity contribution in [3.05, 3.63) is 47.2 Å². The molecule has 2 aromatic rings. The number of hydrogen-bond acceptors (Lipinski definition) is 5. The number of fused-ring (bicyclic) bond motifs is 1. The van der Waals surface area contributed by atoms with Crippen molar-refractivity contribution in [2.24, 2.45) is 5.92 Å². The summed E-state index contributed by atoms with van der Waals surface area (Å²) in [5.74, 6) is 0.482. The minimum Gasteiger partial charge on any atom is -0.448 e. The molecule has 0 unspecified atom stereocenters. The molecule has 1 fully saturated rings. The number of hydrogen-bond donors (Lipinski definition) is 2. The largest absolute Gasteiger partial charge is 0.448 e. The van der Waals surface area contributed by atoms with Crippen LogP contribution in [0.2, 0.25) is 0 Å². The van der Waals surface area contributed by atoms with Gasteiger partial charge in [-0.05, 0) is 38.7 Å². The summed E-state index contributed by atoms with van der Waals surface area (Å²) in [6.07, 6.45) is 0.239. The number of carbonyl (C=O) groups excluding carboxylic acids is 2. The molecule has 1 aliphatic heterocycles. The van der Waals surface area contributed by atoms with E-state index in [1.165, 1.54) is 10.2 Å². The summed E-state index contributed by atoms with van der Waals surface area (Å²) in [7, 11) is 0. The van der Waals surface area contributed by atoms with Crippen molar-refractivity contribution in [1.82, 2.24) is 15.1 Å². The van der Waals surface area contributed by atoms with Crippen LogP contribution in [-0.2, 0) is 21.6 Å². The van der Waals surface area contributed by atoms with Gasteiger partial charge in [-0.15, -0.1) is 4.68 Å². The highest BCUT2D eigenvalue weighted by Gasteiger charge is 2.45. The van der Waals surface area contributed by atoms with Crippen LogP contribution in [0, 0.1) is 5.92 Å². The third-order valence-electron chi connectivity index (χ3n) is 5.32. The van der Waals surface area contributed by atoms with E-state index in [4.69, 9.17) is 4.74 Å². The molecular formula is C20H24N4O3. The van der Waals surface area contributed by atoms with Crippen LogP contribution in [-0.4, -0.2) is 28.4 Å². The Kier molecular flexibility index (Phi) is 4.26. The maximum absolute atomic E-state index is 12.8. The number of amides is 1. The van der Waals surface area contributed by atoms with E-state index in [2.05, 4.69) is 15.7 Å². The number of nitrogens with one attached hydrogen (secondary N) is 2. The lowest BCUT2D eigenvalue weighted by Crippen LogP contribution is -2.31. The monoisotopic (exact) mass is 368 g/mol. The van der Waals surface area contributed by atoms with E-state index >= 15 is 0 Å². The van der Waals surface area contributed by atoms with Gasteiger partial charge in [0.05, 0.1) is 17.8 Å². The minimum atomic E-state index is -0.576. The van der Waals surface area contributed by atoms with Crippen LogP contribution < -0.4 is 10.6 Å². The SMILES string of the molecule is CCOC(=O)n1nc2c(c1NC(=O)[C@@H]1C[C@H]1c1ccccc1)CNC2(C)C. The Morgan fingerprint density at radius 3 is 2.78 bits per heavy atom. The summed E-state index contributed by atoms with van der Waals surface area (Å²) in [4.78, 5) is 25.2. The van der Waals surface area contributed by atoms with Crippen LogP contribution in [0.3, 0.4) is 0 Å². The number of carbonyl (C=O) groups is 2. The fourth-order valence-electron chi connectivity index (χ4n) is 3.72. The Labute approximate surface area is 158 Å². The van der Waals surface area contributed by atoms with Gasteiger partial charge in [-0.1, -0.05) is 30.3 Å². The quantitative estimate of drug-likeness (QED) is 0.867. The summed E-state index contributed by atoms with van der Waals surface area (Å²) < 4.78 is 6.30. The summed E-state index contributed by atoms with van der Waals surface area (Å²) in [5, 5.41) is 10.7. The molecule has 4 rings (SSSR count). The second-order valence-electron chi connectivity index (χ2n) is 7.61. The van der Waals surface area contributed by atoms with Crippen molar-refractivity contribution in [2.45, 2.75) is 45.2 Å². The molecule has 2 heterocycles. The van der Waals surface area contributed by atoms with Crippen LogP contribution >= 0.6 is 0 Å². The number of aromatic nitrogens is 2. The summed E-state index contributed by atoms with van der Waals surface area (Å²) in [5.41, 5.74) is 2.42. The second-order valence-corrected chi connectivity index (χ2v) is 7.61. The molecule has 2 aliphatic rings. The molecule has 2 atom stereocenters. The smallest absolute Gasteiger partial charge is 0.436 e. The van der Waals surface area contributed by atoms with Gasteiger partial charge in [0.25, 0.3) is 0 Å². The number of nitrogens with zero attached hydrogens (tertiary/aromatic N) is 2. The van der Waals surface area contributed by atoms with E-state index in [1.807, 2.05) is 44.2 Å². The van der Waals surface area contributed by atoms with Gasteiger partial charge in [-0.2, -0.15) is 5.10 Å². The second kappa shape index (κ2) is 6.49. The van der Waals surface area contributed by atoms with Crippen molar-refractivity contribution in [3.8, 4) is 0 Å². The first-order chi connectivity index (χ1) is 12.9. The standard InChI is InChI=1S/C20H24N4O3/c1-4-27-19(26)24-17(15-11-21-20(2,3)16(15)23-24)22-18(25)14-10-13(14)12-8-6-5-7-9-12/h5-9,13-14,21H,4,10-11H2,1-3H3,(H,22,25)/t13-,14+/m0/s1. The fraction of sp³-hybridized carbons (Fsp3) is 0.450. The summed E-state index contributed by atoms with van der Waals surface area (Å²) in [6, 6.07) is 10.0. The van der Waals surface area contributed by atoms with E-state index in [1.54, 1.807) is 6.92 Å². The van der Waals surface area contributed by atoms with Gasteiger partial charge >= 0.3 is 6.09 Å². The number of benzene rings is 1. The van der Waals surface area contributed by atoms with Crippen molar-refractivity contribution in [3.63, 3.8) is 0 Å². The first-order valence-corrected chi connectivity index (χ1v) is 9.32. The maximum Gasteiger partial charge on any atom is 0.436 e. The Morgan fingerprint density at radius 2 is 2.07 bits per heavy atom. The highest BCUT2D eigenvalue weighted by Crippen LogP contribution is 2.48. The molecule has 7 heteroatoms. The third-order valence-corrected chi connectivity index (χ3v) is 5.32. The molecule has 1 aliphatic carbocycles. The molecule has 1 aromatic carbocycles. The number of ether oxygens (including phenoxy) is 1. The fourth-order valence-corrected chi connectivity index (χ4v) is 3.72. The average molecular weight is 368 g/mol. The van der Waals surface area contributed by atoms with Crippen LogP contribution in [0.15, 0.2) is 30.3 Å². The zero-order valence-electron chi connectivity index (χ0n) is 15.8. The summed E-state index contributed by atoms with van der Waals surface area (Å²) >= 11 is 0. The van der Waals surface area contributed by atoms with Crippen molar-refractivity contribution in [1.29, 1.82) is 0 Å². The van der Waals surface area contributed by atoms with Crippen molar-refractivity contribution in [2.75, 3.05) is 11.9 Å². The van der Waals surface area contributed by atoms with Crippen LogP contribution in [0.5, 0.6) is 0 Å². The lowest BCUT2D eigenvalue weighted by molar-refractivity contribution is -0.117. The zero-order chi connectivity index (χ0) is 19.2. The topological polar surface area (TPSA) is 85.2 Å². The molecule has 0 saturated heterocycles. The lowest BCUT2D eigenvalue weighted by Gasteiger charge is -2.17. The van der Waals surface area contributed by atoms with E-state index in [9.17, 15) is 9.59 Å². The molecule has 27 heavy (non-hydrogen) atoms. The first-order valence-electron chi connectivity index (χ1n) is 9.32. The molecule has 7 nitrogen and oxygen atoms in total. The van der Waals surface area contributed by atoms with E-state index in [-0.39, 0.29) is 29.9 Å². The van der Waals surface area contributed by atoms with Gasteiger partial charge in [0.2, 0.25) is 5.91 Å². The van der Waals surface area contributed by atoms with Gasteiger partial charge in [-0.3, -0.25) is 4.79 Å². The van der Waals surface area contributed by atoms with Gasteiger partial charge in [0, 0.05) is 18.0 Å². The van der Waals surface area contributed by atoms with E-state index in [0.717, 1.165) is 17.7 Å². The molecule has 142 valence electrons. The van der Waals surface area contributed by atoms with Crippen LogP contribution in [0.1, 0.15) is 49.9 Å². The zero-order valence-corrected chi connectivity index (χ0v) is 15.8. The average Bonchev–Trinajstić information content (AvgIpc) is 3.29. The van der Waals surface area contributed by atoms with E-state index < -0.39 is 6.09 Å². The lowest BCUT2D eigenvalue weighted by atomic mass is 10.0. The molecular weight excluding hydrogens is 344 g/mol. The highest BCUT2D eigenvalue weighted by atomic mass is 16.6. The molecule has 2 N–H and O–H groups in total. The molecule has 1 amide bonds. The summed E-state index contributed by atoms with van der Waals surface area (Å²) in [6.45, 7) is 6.53. The predicted molar refractivity (Wildman–Crippen MR) is 100 cm³/mol. The predicted octanol–water partition coefficient (Wildman–Crippen LogP) is 2.97. The molecule has 0 spiro atoms. The Hall–Kier alpha value is -2.67.